The maximum Gasteiger partial charge on any atom is 0.354 e. The summed E-state index contributed by atoms with van der Waals surface area (Å²) >= 11 is 0. The molecule has 0 aliphatic rings. The molecule has 1 aromatic heterocycles. The van der Waals surface area contributed by atoms with Crippen molar-refractivity contribution in [2.24, 2.45) is 0 Å². The van der Waals surface area contributed by atoms with Gasteiger partial charge in [0.05, 0.1) is 0 Å². The molecule has 0 saturated heterocycles. The van der Waals surface area contributed by atoms with Gasteiger partial charge in [0.1, 0.15) is 11.4 Å². The number of aromatic carboxylic acids is 2. The second-order valence-corrected chi connectivity index (χ2v) is 2.71. The molecule has 1 aromatic rings. The fourth-order valence-corrected chi connectivity index (χ4v) is 1.01. The van der Waals surface area contributed by atoms with Crippen molar-refractivity contribution in [3.8, 4) is 0 Å². The van der Waals surface area contributed by atoms with Crippen LogP contribution >= 0.6 is 0 Å². The summed E-state index contributed by atoms with van der Waals surface area (Å²) in [5.41, 5.74) is 0.179. The summed E-state index contributed by atoms with van der Waals surface area (Å²) in [4.78, 5) is 24.7. The number of aromatic nitrogens is 1. The van der Waals surface area contributed by atoms with Gasteiger partial charge < -0.3 is 10.2 Å². The van der Waals surface area contributed by atoms with Gasteiger partial charge in [-0.15, -0.1) is 0 Å². The van der Waals surface area contributed by atoms with Crippen molar-refractivity contribution in [2.45, 2.75) is 13.3 Å². The molecule has 0 aliphatic heterocycles. The Hall–Kier alpha value is -1.91. The minimum Gasteiger partial charge on any atom is -0.477 e. The molecular formula is C9H9NO4. The normalized spacial score (nSPS) is 9.79. The predicted octanol–water partition coefficient (Wildman–Crippen LogP) is 1.04. The number of hydrogen-bond acceptors (Lipinski definition) is 3. The topological polar surface area (TPSA) is 87.5 Å². The lowest BCUT2D eigenvalue weighted by Gasteiger charge is -2.01. The van der Waals surface area contributed by atoms with Crippen molar-refractivity contribution >= 4 is 11.9 Å². The van der Waals surface area contributed by atoms with E-state index in [2.05, 4.69) is 4.98 Å². The number of carboxylic acids is 2. The fourth-order valence-electron chi connectivity index (χ4n) is 1.01. The quantitative estimate of drug-likeness (QED) is 0.752. The lowest BCUT2D eigenvalue weighted by Crippen LogP contribution is -2.08. The van der Waals surface area contributed by atoms with Gasteiger partial charge >= 0.3 is 11.9 Å². The molecule has 1 rings (SSSR count). The van der Waals surface area contributed by atoms with Gasteiger partial charge in [-0.2, -0.15) is 0 Å². The minimum atomic E-state index is -1.22. The molecule has 0 aromatic carbocycles. The summed E-state index contributed by atoms with van der Waals surface area (Å²) < 4.78 is 0. The van der Waals surface area contributed by atoms with Crippen molar-refractivity contribution in [3.63, 3.8) is 0 Å². The molecule has 0 saturated carbocycles. The summed E-state index contributed by atoms with van der Waals surface area (Å²) in [6.45, 7) is 1.81. The smallest absolute Gasteiger partial charge is 0.354 e. The highest BCUT2D eigenvalue weighted by Gasteiger charge is 2.12. The third kappa shape index (κ3) is 2.07. The largest absolute Gasteiger partial charge is 0.477 e. The zero-order valence-corrected chi connectivity index (χ0v) is 7.52. The van der Waals surface area contributed by atoms with Gasteiger partial charge in [0, 0.05) is 0 Å². The zero-order chi connectivity index (χ0) is 10.7. The Morgan fingerprint density at radius 3 is 1.93 bits per heavy atom. The Morgan fingerprint density at radius 1 is 1.21 bits per heavy atom. The van der Waals surface area contributed by atoms with Crippen LogP contribution in [0, 0.1) is 0 Å². The SMILES string of the molecule is CCc1cc(C(=O)O)nc(C(=O)O)c1. The molecule has 0 fully saturated rings. The van der Waals surface area contributed by atoms with Gasteiger partial charge in [0.25, 0.3) is 0 Å². The molecule has 74 valence electrons. The molecule has 2 N–H and O–H groups in total. The third-order valence-electron chi connectivity index (χ3n) is 1.73. The summed E-state index contributed by atoms with van der Waals surface area (Å²) in [5, 5.41) is 17.3. The van der Waals surface area contributed by atoms with E-state index in [1.165, 1.54) is 12.1 Å². The van der Waals surface area contributed by atoms with Crippen LogP contribution in [0.15, 0.2) is 12.1 Å². The lowest BCUT2D eigenvalue weighted by molar-refractivity contribution is 0.0685. The molecule has 0 amide bonds. The lowest BCUT2D eigenvalue weighted by atomic mass is 10.1. The predicted molar refractivity (Wildman–Crippen MR) is 47.5 cm³/mol. The Labute approximate surface area is 80.0 Å². The number of nitrogens with zero attached hydrogens (tertiary/aromatic N) is 1. The number of aryl methyl sites for hydroxylation is 1. The van der Waals surface area contributed by atoms with Crippen LogP contribution in [0.25, 0.3) is 0 Å². The standard InChI is InChI=1S/C9H9NO4/c1-2-5-3-6(8(11)12)10-7(4-5)9(13)14/h3-4H,2H2,1H3,(H,11,12)(H,13,14). The van der Waals surface area contributed by atoms with Gasteiger partial charge in [0.15, 0.2) is 0 Å². The van der Waals surface area contributed by atoms with Crippen molar-refractivity contribution in [1.82, 2.24) is 4.98 Å². The van der Waals surface area contributed by atoms with Crippen LogP contribution in [0.3, 0.4) is 0 Å². The summed E-state index contributed by atoms with van der Waals surface area (Å²) in [6, 6.07) is 2.74. The third-order valence-corrected chi connectivity index (χ3v) is 1.73. The van der Waals surface area contributed by atoms with Crippen LogP contribution in [0.5, 0.6) is 0 Å². The van der Waals surface area contributed by atoms with E-state index in [0.29, 0.717) is 12.0 Å². The molecule has 5 nitrogen and oxygen atoms in total. The van der Waals surface area contributed by atoms with Gasteiger partial charge in [-0.1, -0.05) is 6.92 Å². The second kappa shape index (κ2) is 3.87. The van der Waals surface area contributed by atoms with Crippen molar-refractivity contribution in [1.29, 1.82) is 0 Å². The van der Waals surface area contributed by atoms with E-state index in [-0.39, 0.29) is 11.4 Å². The summed E-state index contributed by atoms with van der Waals surface area (Å²) in [7, 11) is 0. The maximum atomic E-state index is 10.6. The van der Waals surface area contributed by atoms with Crippen molar-refractivity contribution < 1.29 is 19.8 Å². The van der Waals surface area contributed by atoms with Crippen LogP contribution in [-0.4, -0.2) is 27.1 Å². The maximum absolute atomic E-state index is 10.6. The molecule has 1 heterocycles. The molecule has 0 unspecified atom stereocenters. The number of carbonyl (C=O) groups is 2. The first-order valence-electron chi connectivity index (χ1n) is 4.02. The van der Waals surface area contributed by atoms with Gasteiger partial charge in [-0.3, -0.25) is 0 Å². The number of pyridine rings is 1. The number of hydrogen-bond donors (Lipinski definition) is 2. The van der Waals surface area contributed by atoms with Gasteiger partial charge in [0.2, 0.25) is 0 Å². The highest BCUT2D eigenvalue weighted by Crippen LogP contribution is 2.07. The molecule has 0 radical (unpaired) electrons. The fraction of sp³-hybridized carbons (Fsp3) is 0.222. The molecule has 0 bridgehead atoms. The highest BCUT2D eigenvalue weighted by molar-refractivity contribution is 5.90. The average molecular weight is 195 g/mol. The van der Waals surface area contributed by atoms with E-state index in [0.717, 1.165) is 0 Å². The molecule has 0 atom stereocenters. The van der Waals surface area contributed by atoms with E-state index in [4.69, 9.17) is 10.2 Å². The Balaban J connectivity index is 3.27. The molecule has 0 spiro atoms. The van der Waals surface area contributed by atoms with Crippen LogP contribution in [0.1, 0.15) is 33.5 Å². The average Bonchev–Trinajstić information content (AvgIpc) is 2.16. The van der Waals surface area contributed by atoms with E-state index in [1.54, 1.807) is 0 Å². The molecule has 5 heteroatoms. The van der Waals surface area contributed by atoms with E-state index in [9.17, 15) is 9.59 Å². The zero-order valence-electron chi connectivity index (χ0n) is 7.52. The van der Waals surface area contributed by atoms with E-state index in [1.807, 2.05) is 6.92 Å². The molecular weight excluding hydrogens is 186 g/mol. The summed E-state index contributed by atoms with van der Waals surface area (Å²) in [5.74, 6) is -2.44. The Morgan fingerprint density at radius 2 is 1.64 bits per heavy atom. The highest BCUT2D eigenvalue weighted by atomic mass is 16.4. The Kier molecular flexibility index (Phi) is 2.81. The number of carboxylic acid groups (broad SMARTS) is 2. The van der Waals surface area contributed by atoms with Crippen LogP contribution < -0.4 is 0 Å². The first-order valence-corrected chi connectivity index (χ1v) is 4.02. The second-order valence-electron chi connectivity index (χ2n) is 2.71. The summed E-state index contributed by atoms with van der Waals surface area (Å²) in [6.07, 6.45) is 0.572. The number of rotatable bonds is 3. The first-order chi connectivity index (χ1) is 6.54. The van der Waals surface area contributed by atoms with Gasteiger partial charge in [-0.05, 0) is 24.1 Å². The Bertz CT molecular complexity index is 354. The first kappa shape index (κ1) is 10.2. The van der Waals surface area contributed by atoms with Crippen LogP contribution in [-0.2, 0) is 6.42 Å². The van der Waals surface area contributed by atoms with Crippen LogP contribution in [0.2, 0.25) is 0 Å². The monoisotopic (exact) mass is 195 g/mol. The van der Waals surface area contributed by atoms with Crippen LogP contribution in [0.4, 0.5) is 0 Å². The van der Waals surface area contributed by atoms with Crippen molar-refractivity contribution in [3.05, 3.63) is 29.1 Å². The van der Waals surface area contributed by atoms with E-state index < -0.39 is 11.9 Å². The van der Waals surface area contributed by atoms with Gasteiger partial charge in [-0.25, -0.2) is 14.6 Å². The molecule has 0 aliphatic carbocycles. The van der Waals surface area contributed by atoms with E-state index >= 15 is 0 Å². The van der Waals surface area contributed by atoms with Crippen molar-refractivity contribution in [2.75, 3.05) is 0 Å². The minimum absolute atomic E-state index is 0.234. The molecule has 14 heavy (non-hydrogen) atoms.